The molecule has 1 saturated heterocycles. The van der Waals surface area contributed by atoms with Crippen molar-refractivity contribution in [2.24, 2.45) is 11.7 Å². The van der Waals surface area contributed by atoms with Gasteiger partial charge in [0.15, 0.2) is 0 Å². The first-order valence-electron chi connectivity index (χ1n) is 6.93. The van der Waals surface area contributed by atoms with Crippen molar-refractivity contribution in [3.8, 4) is 0 Å². The van der Waals surface area contributed by atoms with E-state index in [9.17, 15) is 9.59 Å². The Morgan fingerprint density at radius 1 is 1.47 bits per heavy atom. The molecule has 0 radical (unpaired) electrons. The Kier molecular flexibility index (Phi) is 5.10. The molecule has 2 N–H and O–H groups in total. The Morgan fingerprint density at radius 2 is 2.21 bits per heavy atom. The third kappa shape index (κ3) is 3.86. The molecular formula is C13H22N2O3S. The van der Waals surface area contributed by atoms with Crippen LogP contribution in [0.2, 0.25) is 0 Å². The third-order valence-electron chi connectivity index (χ3n) is 3.65. The zero-order chi connectivity index (χ0) is 13.8. The molecule has 1 aliphatic heterocycles. The largest absolute Gasteiger partial charge is 0.464 e. The molecule has 0 bridgehead atoms. The van der Waals surface area contributed by atoms with Crippen molar-refractivity contribution in [1.82, 2.24) is 4.90 Å². The van der Waals surface area contributed by atoms with Crippen molar-refractivity contribution < 1.29 is 14.3 Å². The minimum Gasteiger partial charge on any atom is -0.464 e. The highest BCUT2D eigenvalue weighted by Crippen LogP contribution is 2.33. The molecule has 0 aromatic heterocycles. The van der Waals surface area contributed by atoms with Crippen LogP contribution in [0.15, 0.2) is 0 Å². The molecule has 2 fully saturated rings. The van der Waals surface area contributed by atoms with Gasteiger partial charge in [0.2, 0.25) is 5.91 Å². The Hall–Kier alpha value is -0.750. The van der Waals surface area contributed by atoms with Crippen LogP contribution >= 0.6 is 11.8 Å². The standard InChI is InChI=1S/C13H22N2O3S/c1-2-18-13(17)11-8-19-6-5-15(11)12(16)7-10(14)9-3-4-9/h9-11H,2-8,14H2,1H3. The number of nitrogens with zero attached hydrogens (tertiary/aromatic N) is 1. The van der Waals surface area contributed by atoms with Crippen LogP contribution < -0.4 is 5.73 Å². The maximum Gasteiger partial charge on any atom is 0.329 e. The maximum atomic E-state index is 12.3. The van der Waals surface area contributed by atoms with E-state index in [0.717, 1.165) is 18.6 Å². The predicted molar refractivity (Wildman–Crippen MR) is 74.8 cm³/mol. The summed E-state index contributed by atoms with van der Waals surface area (Å²) in [5.74, 6) is 1.72. The van der Waals surface area contributed by atoms with Crippen molar-refractivity contribution >= 4 is 23.6 Å². The van der Waals surface area contributed by atoms with Gasteiger partial charge in [0.05, 0.1) is 6.61 Å². The summed E-state index contributed by atoms with van der Waals surface area (Å²) >= 11 is 1.69. The van der Waals surface area contributed by atoms with E-state index in [0.29, 0.717) is 31.2 Å². The van der Waals surface area contributed by atoms with E-state index in [1.54, 1.807) is 23.6 Å². The van der Waals surface area contributed by atoms with E-state index < -0.39 is 6.04 Å². The highest BCUT2D eigenvalue weighted by molar-refractivity contribution is 7.99. The summed E-state index contributed by atoms with van der Waals surface area (Å²) in [7, 11) is 0. The molecule has 1 amide bonds. The van der Waals surface area contributed by atoms with E-state index in [4.69, 9.17) is 10.5 Å². The van der Waals surface area contributed by atoms with Gasteiger partial charge in [0, 0.05) is 30.5 Å². The smallest absolute Gasteiger partial charge is 0.329 e. The average molecular weight is 286 g/mol. The molecule has 2 aliphatic rings. The molecule has 108 valence electrons. The molecule has 1 saturated carbocycles. The number of carbonyl (C=O) groups excluding carboxylic acids is 2. The Balaban J connectivity index is 1.93. The molecule has 2 rings (SSSR count). The summed E-state index contributed by atoms with van der Waals surface area (Å²) < 4.78 is 5.05. The molecule has 1 heterocycles. The molecule has 2 unspecified atom stereocenters. The Bertz CT molecular complexity index is 347. The number of hydrogen-bond acceptors (Lipinski definition) is 5. The van der Waals surface area contributed by atoms with E-state index in [1.807, 2.05) is 0 Å². The monoisotopic (exact) mass is 286 g/mol. The SMILES string of the molecule is CCOC(=O)C1CSCCN1C(=O)CC(N)C1CC1. The second-order valence-corrected chi connectivity index (χ2v) is 6.29. The van der Waals surface area contributed by atoms with Gasteiger partial charge in [-0.05, 0) is 25.7 Å². The number of rotatable bonds is 5. The molecule has 19 heavy (non-hydrogen) atoms. The molecule has 5 nitrogen and oxygen atoms in total. The van der Waals surface area contributed by atoms with Crippen LogP contribution in [0.4, 0.5) is 0 Å². The second-order valence-electron chi connectivity index (χ2n) is 5.14. The van der Waals surface area contributed by atoms with E-state index >= 15 is 0 Å². The number of thioether (sulfide) groups is 1. The van der Waals surface area contributed by atoms with Gasteiger partial charge >= 0.3 is 5.97 Å². The number of ether oxygens (including phenoxy) is 1. The Labute approximate surface area is 118 Å². The summed E-state index contributed by atoms with van der Waals surface area (Å²) in [4.78, 5) is 25.8. The molecule has 6 heteroatoms. The van der Waals surface area contributed by atoms with Crippen LogP contribution in [-0.2, 0) is 14.3 Å². The van der Waals surface area contributed by atoms with Crippen molar-refractivity contribution in [2.75, 3.05) is 24.7 Å². The van der Waals surface area contributed by atoms with Crippen LogP contribution in [0, 0.1) is 5.92 Å². The quantitative estimate of drug-likeness (QED) is 0.750. The highest BCUT2D eigenvalue weighted by atomic mass is 32.2. The first-order valence-corrected chi connectivity index (χ1v) is 8.08. The summed E-state index contributed by atoms with van der Waals surface area (Å²) in [6.45, 7) is 2.75. The normalized spacial score (nSPS) is 24.9. The first kappa shape index (κ1) is 14.7. The van der Waals surface area contributed by atoms with E-state index in [-0.39, 0.29) is 17.9 Å². The summed E-state index contributed by atoms with van der Waals surface area (Å²) in [5.41, 5.74) is 6.00. The minimum atomic E-state index is -0.433. The van der Waals surface area contributed by atoms with Crippen LogP contribution in [0.3, 0.4) is 0 Å². The predicted octanol–water partition coefficient (Wildman–Crippen LogP) is 0.621. The van der Waals surface area contributed by atoms with Gasteiger partial charge in [-0.3, -0.25) is 4.79 Å². The highest BCUT2D eigenvalue weighted by Gasteiger charge is 2.36. The average Bonchev–Trinajstić information content (AvgIpc) is 3.23. The lowest BCUT2D eigenvalue weighted by Gasteiger charge is -2.34. The van der Waals surface area contributed by atoms with Gasteiger partial charge in [-0.2, -0.15) is 11.8 Å². The molecule has 0 aromatic rings. The topological polar surface area (TPSA) is 72.6 Å². The maximum absolute atomic E-state index is 12.3. The summed E-state index contributed by atoms with van der Waals surface area (Å²) in [6, 6.07) is -0.484. The van der Waals surface area contributed by atoms with Crippen molar-refractivity contribution in [3.05, 3.63) is 0 Å². The number of amides is 1. The second kappa shape index (κ2) is 6.61. The Morgan fingerprint density at radius 3 is 2.84 bits per heavy atom. The fourth-order valence-corrected chi connectivity index (χ4v) is 3.38. The lowest BCUT2D eigenvalue weighted by molar-refractivity contribution is -0.154. The molecular weight excluding hydrogens is 264 g/mol. The lowest BCUT2D eigenvalue weighted by atomic mass is 10.1. The van der Waals surface area contributed by atoms with Gasteiger partial charge in [-0.1, -0.05) is 0 Å². The van der Waals surface area contributed by atoms with Gasteiger partial charge in [-0.25, -0.2) is 4.79 Å². The van der Waals surface area contributed by atoms with Crippen molar-refractivity contribution in [2.45, 2.75) is 38.3 Å². The van der Waals surface area contributed by atoms with Gasteiger partial charge in [0.1, 0.15) is 6.04 Å². The number of hydrogen-bond donors (Lipinski definition) is 1. The van der Waals surface area contributed by atoms with E-state index in [1.165, 1.54) is 0 Å². The van der Waals surface area contributed by atoms with Crippen molar-refractivity contribution in [1.29, 1.82) is 0 Å². The zero-order valence-electron chi connectivity index (χ0n) is 11.3. The fraction of sp³-hybridized carbons (Fsp3) is 0.846. The van der Waals surface area contributed by atoms with Crippen LogP contribution in [0.25, 0.3) is 0 Å². The van der Waals surface area contributed by atoms with Crippen LogP contribution in [-0.4, -0.2) is 53.5 Å². The van der Waals surface area contributed by atoms with Gasteiger partial charge in [0.25, 0.3) is 0 Å². The molecule has 1 aliphatic carbocycles. The van der Waals surface area contributed by atoms with Gasteiger partial charge < -0.3 is 15.4 Å². The fourth-order valence-electron chi connectivity index (χ4n) is 2.35. The summed E-state index contributed by atoms with van der Waals surface area (Å²) in [5, 5.41) is 0. The molecule has 0 spiro atoms. The third-order valence-corrected chi connectivity index (χ3v) is 4.67. The lowest BCUT2D eigenvalue weighted by Crippen LogP contribution is -2.52. The van der Waals surface area contributed by atoms with Crippen LogP contribution in [0.5, 0.6) is 0 Å². The number of esters is 1. The molecule has 0 aromatic carbocycles. The number of nitrogens with two attached hydrogens (primary N) is 1. The first-order chi connectivity index (χ1) is 9.13. The summed E-state index contributed by atoms with van der Waals surface area (Å²) in [6.07, 6.45) is 2.61. The zero-order valence-corrected chi connectivity index (χ0v) is 12.2. The number of carbonyl (C=O) groups is 2. The van der Waals surface area contributed by atoms with Crippen molar-refractivity contribution in [3.63, 3.8) is 0 Å². The van der Waals surface area contributed by atoms with E-state index in [2.05, 4.69) is 0 Å². The molecule has 2 atom stereocenters. The minimum absolute atomic E-state index is 0.00208. The van der Waals surface area contributed by atoms with Gasteiger partial charge in [-0.15, -0.1) is 0 Å². The van der Waals surface area contributed by atoms with Crippen LogP contribution in [0.1, 0.15) is 26.2 Å².